The number of nitrogens with one attached hydrogen (secondary N) is 2. The zero-order valence-electron chi connectivity index (χ0n) is 18.5. The number of anilines is 3. The Kier molecular flexibility index (Phi) is 7.50. The van der Waals surface area contributed by atoms with Crippen molar-refractivity contribution >= 4 is 40.8 Å². The van der Waals surface area contributed by atoms with Crippen molar-refractivity contribution in [1.82, 2.24) is 0 Å². The molecule has 0 saturated carbocycles. The van der Waals surface area contributed by atoms with Crippen LogP contribution in [0.25, 0.3) is 0 Å². The highest BCUT2D eigenvalue weighted by atomic mass is 16.5. The number of methoxy groups -OCH3 is 2. The molecule has 1 heterocycles. The molecule has 1 fully saturated rings. The summed E-state index contributed by atoms with van der Waals surface area (Å²) in [6, 6.07) is 11.5. The van der Waals surface area contributed by atoms with Gasteiger partial charge in [-0.05, 0) is 36.4 Å². The molecule has 1 aliphatic heterocycles. The molecule has 10 heteroatoms. The number of carbonyl (C=O) groups is 4. The lowest BCUT2D eigenvalue weighted by atomic mass is 10.1. The minimum absolute atomic E-state index is 0.0363. The Morgan fingerprint density at radius 1 is 1.00 bits per heavy atom. The summed E-state index contributed by atoms with van der Waals surface area (Å²) in [7, 11) is 3.00. The van der Waals surface area contributed by atoms with Crippen LogP contribution < -0.4 is 25.0 Å². The van der Waals surface area contributed by atoms with E-state index in [4.69, 9.17) is 14.2 Å². The number of amides is 3. The summed E-state index contributed by atoms with van der Waals surface area (Å²) in [6.45, 7) is 1.02. The Balaban J connectivity index is 1.54. The zero-order chi connectivity index (χ0) is 24.0. The monoisotopic (exact) mass is 455 g/mol. The third-order valence-corrected chi connectivity index (χ3v) is 4.97. The number of hydrogen-bond acceptors (Lipinski definition) is 7. The Hall–Kier alpha value is -4.08. The van der Waals surface area contributed by atoms with Crippen LogP contribution >= 0.6 is 0 Å². The molecule has 3 rings (SSSR count). The first-order chi connectivity index (χ1) is 15.8. The number of carbonyl (C=O) groups excluding carboxylic acids is 4. The van der Waals surface area contributed by atoms with Gasteiger partial charge in [0.1, 0.15) is 11.5 Å². The van der Waals surface area contributed by atoms with Crippen LogP contribution in [0.2, 0.25) is 0 Å². The number of nitrogens with zero attached hydrogens (tertiary/aromatic N) is 1. The summed E-state index contributed by atoms with van der Waals surface area (Å²) in [5.41, 5.74) is 1.57. The lowest BCUT2D eigenvalue weighted by Gasteiger charge is -2.20. The van der Waals surface area contributed by atoms with Crippen LogP contribution in [0.3, 0.4) is 0 Å². The fraction of sp³-hybridized carbons (Fsp3) is 0.304. The van der Waals surface area contributed by atoms with E-state index in [1.54, 1.807) is 42.5 Å². The molecule has 0 radical (unpaired) electrons. The van der Waals surface area contributed by atoms with Gasteiger partial charge in [-0.2, -0.15) is 0 Å². The number of ether oxygens (including phenoxy) is 3. The van der Waals surface area contributed by atoms with Crippen LogP contribution in [0, 0.1) is 5.92 Å². The van der Waals surface area contributed by atoms with Gasteiger partial charge in [-0.25, -0.2) is 0 Å². The maximum absolute atomic E-state index is 12.5. The first-order valence-corrected chi connectivity index (χ1v) is 10.2. The van der Waals surface area contributed by atoms with Gasteiger partial charge in [0.05, 0.1) is 25.8 Å². The molecular formula is C23H25N3O7. The van der Waals surface area contributed by atoms with E-state index in [1.807, 2.05) is 0 Å². The van der Waals surface area contributed by atoms with E-state index in [2.05, 4.69) is 10.6 Å². The normalized spacial score (nSPS) is 15.1. The molecule has 0 bridgehead atoms. The second-order valence-electron chi connectivity index (χ2n) is 7.36. The maximum atomic E-state index is 12.5. The molecule has 0 unspecified atom stereocenters. The standard InChI is InChI=1S/C23H25N3O7/c1-14(27)24-16-4-6-17(7-5-16)25-21(28)13-33-23(30)15-10-22(29)26(12-15)19-11-18(31-2)8-9-20(19)32-3/h4-9,11,15H,10,12-13H2,1-3H3,(H,24,27)(H,25,28)/t15-/m0/s1. The van der Waals surface area contributed by atoms with Gasteiger partial charge in [0.25, 0.3) is 5.91 Å². The van der Waals surface area contributed by atoms with Gasteiger partial charge in [-0.1, -0.05) is 0 Å². The minimum Gasteiger partial charge on any atom is -0.497 e. The predicted molar refractivity (Wildman–Crippen MR) is 120 cm³/mol. The molecule has 2 aromatic carbocycles. The summed E-state index contributed by atoms with van der Waals surface area (Å²) < 4.78 is 15.7. The summed E-state index contributed by atoms with van der Waals surface area (Å²) in [5, 5.41) is 5.22. The summed E-state index contributed by atoms with van der Waals surface area (Å²) in [4.78, 5) is 49.7. The van der Waals surface area contributed by atoms with Crippen molar-refractivity contribution in [2.24, 2.45) is 5.92 Å². The van der Waals surface area contributed by atoms with Crippen molar-refractivity contribution in [3.63, 3.8) is 0 Å². The molecule has 0 spiro atoms. The maximum Gasteiger partial charge on any atom is 0.311 e. The molecule has 0 aromatic heterocycles. The van der Waals surface area contributed by atoms with Crippen LogP contribution in [0.1, 0.15) is 13.3 Å². The molecule has 1 aliphatic rings. The third-order valence-electron chi connectivity index (χ3n) is 4.97. The number of esters is 1. The molecule has 1 saturated heterocycles. The van der Waals surface area contributed by atoms with Crippen LogP contribution in [0.4, 0.5) is 17.1 Å². The van der Waals surface area contributed by atoms with Crippen LogP contribution in [0.15, 0.2) is 42.5 Å². The average Bonchev–Trinajstić information content (AvgIpc) is 3.19. The van der Waals surface area contributed by atoms with Gasteiger partial charge in [-0.15, -0.1) is 0 Å². The van der Waals surface area contributed by atoms with Gasteiger partial charge >= 0.3 is 5.97 Å². The molecule has 0 aliphatic carbocycles. The van der Waals surface area contributed by atoms with E-state index >= 15 is 0 Å². The molecular weight excluding hydrogens is 430 g/mol. The fourth-order valence-electron chi connectivity index (χ4n) is 3.40. The van der Waals surface area contributed by atoms with Gasteiger partial charge in [0.15, 0.2) is 6.61 Å². The van der Waals surface area contributed by atoms with Crippen LogP contribution in [-0.2, 0) is 23.9 Å². The molecule has 1 atom stereocenters. The molecule has 10 nitrogen and oxygen atoms in total. The molecule has 3 amide bonds. The minimum atomic E-state index is -0.710. The van der Waals surface area contributed by atoms with Gasteiger partial charge in [0.2, 0.25) is 11.8 Å². The van der Waals surface area contributed by atoms with E-state index in [1.165, 1.54) is 26.0 Å². The number of rotatable bonds is 8. The first-order valence-electron chi connectivity index (χ1n) is 10.2. The van der Waals surface area contributed by atoms with E-state index in [0.717, 1.165) is 0 Å². The zero-order valence-corrected chi connectivity index (χ0v) is 18.5. The fourth-order valence-corrected chi connectivity index (χ4v) is 3.40. The van der Waals surface area contributed by atoms with Gasteiger partial charge in [-0.3, -0.25) is 19.2 Å². The Morgan fingerprint density at radius 2 is 1.67 bits per heavy atom. The second kappa shape index (κ2) is 10.5. The second-order valence-corrected chi connectivity index (χ2v) is 7.36. The van der Waals surface area contributed by atoms with Gasteiger partial charge < -0.3 is 29.7 Å². The van der Waals surface area contributed by atoms with Crippen LogP contribution in [0.5, 0.6) is 11.5 Å². The Labute approximate surface area is 190 Å². The third kappa shape index (κ3) is 6.00. The van der Waals surface area contributed by atoms with Crippen molar-refractivity contribution in [2.75, 3.05) is 42.9 Å². The van der Waals surface area contributed by atoms with Crippen molar-refractivity contribution in [3.05, 3.63) is 42.5 Å². The Morgan fingerprint density at radius 3 is 2.27 bits per heavy atom. The quantitative estimate of drug-likeness (QED) is 0.585. The largest absolute Gasteiger partial charge is 0.497 e. The molecule has 2 N–H and O–H groups in total. The highest BCUT2D eigenvalue weighted by Crippen LogP contribution is 2.36. The van der Waals surface area contributed by atoms with E-state index in [0.29, 0.717) is 28.6 Å². The summed E-state index contributed by atoms with van der Waals surface area (Å²) >= 11 is 0. The first kappa shape index (κ1) is 23.6. The lowest BCUT2D eigenvalue weighted by molar-refractivity contribution is -0.151. The highest BCUT2D eigenvalue weighted by Gasteiger charge is 2.37. The predicted octanol–water partition coefficient (Wildman–Crippen LogP) is 2.20. The molecule has 174 valence electrons. The van der Waals surface area contributed by atoms with E-state index in [9.17, 15) is 19.2 Å². The molecule has 2 aromatic rings. The average molecular weight is 455 g/mol. The van der Waals surface area contributed by atoms with Crippen LogP contribution in [-0.4, -0.2) is 51.1 Å². The molecule has 33 heavy (non-hydrogen) atoms. The van der Waals surface area contributed by atoms with Crippen molar-refractivity contribution in [2.45, 2.75) is 13.3 Å². The van der Waals surface area contributed by atoms with E-state index in [-0.39, 0.29) is 24.8 Å². The van der Waals surface area contributed by atoms with Crippen molar-refractivity contribution < 1.29 is 33.4 Å². The summed E-state index contributed by atoms with van der Waals surface area (Å²) in [5.74, 6) is -1.30. The van der Waals surface area contributed by atoms with E-state index < -0.39 is 24.4 Å². The smallest absolute Gasteiger partial charge is 0.311 e. The highest BCUT2D eigenvalue weighted by molar-refractivity contribution is 6.01. The van der Waals surface area contributed by atoms with Crippen molar-refractivity contribution in [1.29, 1.82) is 0 Å². The number of hydrogen-bond donors (Lipinski definition) is 2. The topological polar surface area (TPSA) is 123 Å². The lowest BCUT2D eigenvalue weighted by Crippen LogP contribution is -2.28. The van der Waals surface area contributed by atoms with Crippen molar-refractivity contribution in [3.8, 4) is 11.5 Å². The van der Waals surface area contributed by atoms with Gasteiger partial charge in [0, 0.05) is 37.3 Å². The summed E-state index contributed by atoms with van der Waals surface area (Å²) in [6.07, 6.45) is -0.0363. The number of benzene rings is 2. The SMILES string of the molecule is COc1ccc(OC)c(N2C[C@@H](C(=O)OCC(=O)Nc3ccc(NC(C)=O)cc3)CC2=O)c1. The Bertz CT molecular complexity index is 1050.